The van der Waals surface area contributed by atoms with Crippen LogP contribution in [0.15, 0.2) is 23.3 Å². The van der Waals surface area contributed by atoms with E-state index in [9.17, 15) is 0 Å². The zero-order valence-electron chi connectivity index (χ0n) is 15.8. The third-order valence-electron chi connectivity index (χ3n) is 3.99. The van der Waals surface area contributed by atoms with E-state index in [2.05, 4.69) is 29.1 Å². The summed E-state index contributed by atoms with van der Waals surface area (Å²) >= 11 is 5.26. The monoisotopic (exact) mass is 376 g/mol. The van der Waals surface area contributed by atoms with Gasteiger partial charge < -0.3 is 9.47 Å². The highest BCUT2D eigenvalue weighted by Gasteiger charge is 2.06. The lowest BCUT2D eigenvalue weighted by Crippen LogP contribution is -2.01. The summed E-state index contributed by atoms with van der Waals surface area (Å²) in [6.07, 6.45) is 8.12. The first-order chi connectivity index (χ1) is 12.7. The van der Waals surface area contributed by atoms with Crippen LogP contribution < -0.4 is 9.47 Å². The molecule has 142 valence electrons. The van der Waals surface area contributed by atoms with Crippen LogP contribution in [0.25, 0.3) is 0 Å². The topological polar surface area (TPSA) is 64.4 Å². The molecule has 0 aliphatic rings. The van der Waals surface area contributed by atoms with Gasteiger partial charge in [0.05, 0.1) is 19.9 Å². The molecule has 0 amide bonds. The quantitative estimate of drug-likeness (QED) is 0.349. The molecule has 0 atom stereocenters. The number of ether oxygens (including phenoxy) is 2. The van der Waals surface area contributed by atoms with Crippen LogP contribution in [0.1, 0.15) is 57.3 Å². The molecule has 0 saturated carbocycles. The molecule has 1 N–H and O–H groups in total. The molecule has 0 aliphatic heterocycles. The second-order valence-electron chi connectivity index (χ2n) is 6.07. The highest BCUT2D eigenvalue weighted by atomic mass is 32.1. The Morgan fingerprint density at radius 1 is 1.19 bits per heavy atom. The summed E-state index contributed by atoms with van der Waals surface area (Å²) in [5, 5.41) is 11.5. The van der Waals surface area contributed by atoms with Crippen LogP contribution >= 0.6 is 12.2 Å². The Kier molecular flexibility index (Phi) is 8.34. The number of aryl methyl sites for hydroxylation is 1. The first-order valence-corrected chi connectivity index (χ1v) is 9.61. The molecule has 1 heterocycles. The fourth-order valence-corrected chi connectivity index (χ4v) is 2.68. The summed E-state index contributed by atoms with van der Waals surface area (Å²) in [7, 11) is 1.64. The molecule has 0 radical (unpaired) electrons. The average Bonchev–Trinajstić information content (AvgIpc) is 3.01. The first-order valence-electron chi connectivity index (χ1n) is 9.21. The zero-order chi connectivity index (χ0) is 18.8. The molecular formula is C19H28N4O2S. The lowest BCUT2D eigenvalue weighted by molar-refractivity contribution is 0.286. The number of hydrogen-bond acceptors (Lipinski definition) is 5. The van der Waals surface area contributed by atoms with Crippen LogP contribution in [0.4, 0.5) is 0 Å². The Labute approximate surface area is 160 Å². The molecule has 2 rings (SSSR count). The maximum Gasteiger partial charge on any atom is 0.216 e. The van der Waals surface area contributed by atoms with Crippen molar-refractivity contribution >= 4 is 18.4 Å². The highest BCUT2D eigenvalue weighted by Crippen LogP contribution is 2.27. The van der Waals surface area contributed by atoms with Crippen LogP contribution in [0, 0.1) is 4.77 Å². The van der Waals surface area contributed by atoms with Crippen LogP contribution in [0.3, 0.4) is 0 Å². The summed E-state index contributed by atoms with van der Waals surface area (Å²) in [6, 6.07) is 5.78. The van der Waals surface area contributed by atoms with E-state index in [0.717, 1.165) is 42.8 Å². The van der Waals surface area contributed by atoms with E-state index < -0.39 is 0 Å². The van der Waals surface area contributed by atoms with Gasteiger partial charge in [0.1, 0.15) is 0 Å². The summed E-state index contributed by atoms with van der Waals surface area (Å²) in [6.45, 7) is 5.02. The Morgan fingerprint density at radius 3 is 2.73 bits per heavy atom. The number of benzene rings is 1. The number of unbranched alkanes of at least 4 members (excludes halogenated alkanes) is 3. The number of rotatable bonds is 11. The van der Waals surface area contributed by atoms with Crippen molar-refractivity contribution in [2.24, 2.45) is 5.10 Å². The van der Waals surface area contributed by atoms with Crippen molar-refractivity contribution in [2.45, 2.75) is 52.4 Å². The fraction of sp³-hybridized carbons (Fsp3) is 0.526. The number of aromatic amines is 1. The van der Waals surface area contributed by atoms with Gasteiger partial charge in [-0.05, 0) is 48.8 Å². The van der Waals surface area contributed by atoms with Gasteiger partial charge in [0.2, 0.25) is 4.77 Å². The molecule has 0 bridgehead atoms. The molecule has 7 heteroatoms. The summed E-state index contributed by atoms with van der Waals surface area (Å²) in [4.78, 5) is 0. The van der Waals surface area contributed by atoms with Crippen molar-refractivity contribution in [3.8, 4) is 11.5 Å². The number of aromatic nitrogens is 3. The molecular weight excluding hydrogens is 348 g/mol. The second kappa shape index (κ2) is 10.8. The molecule has 0 unspecified atom stereocenters. The van der Waals surface area contributed by atoms with E-state index in [4.69, 9.17) is 21.7 Å². The molecule has 26 heavy (non-hydrogen) atoms. The lowest BCUT2D eigenvalue weighted by atomic mass is 10.2. The van der Waals surface area contributed by atoms with Crippen LogP contribution in [0.5, 0.6) is 11.5 Å². The van der Waals surface area contributed by atoms with E-state index in [1.807, 2.05) is 18.2 Å². The Hall–Kier alpha value is -2.15. The first kappa shape index (κ1) is 20.2. The van der Waals surface area contributed by atoms with Gasteiger partial charge in [-0.2, -0.15) is 14.9 Å². The molecule has 1 aromatic carbocycles. The van der Waals surface area contributed by atoms with Crippen LogP contribution in [-0.4, -0.2) is 34.8 Å². The van der Waals surface area contributed by atoms with E-state index in [-0.39, 0.29) is 0 Å². The Bertz CT molecular complexity index is 767. The maximum atomic E-state index is 5.81. The summed E-state index contributed by atoms with van der Waals surface area (Å²) in [5.74, 6) is 2.30. The number of hydrogen-bond donors (Lipinski definition) is 1. The Balaban J connectivity index is 2.11. The van der Waals surface area contributed by atoms with Crippen molar-refractivity contribution in [2.75, 3.05) is 13.7 Å². The van der Waals surface area contributed by atoms with Gasteiger partial charge >= 0.3 is 0 Å². The van der Waals surface area contributed by atoms with E-state index in [0.29, 0.717) is 17.1 Å². The van der Waals surface area contributed by atoms with Gasteiger partial charge in [0, 0.05) is 6.42 Å². The van der Waals surface area contributed by atoms with Crippen molar-refractivity contribution in [3.63, 3.8) is 0 Å². The van der Waals surface area contributed by atoms with Gasteiger partial charge in [-0.25, -0.2) is 0 Å². The lowest BCUT2D eigenvalue weighted by Gasteiger charge is -2.11. The SMILES string of the molecule is CCCCCOc1ccc(/C=N/n2c(CCCC)n[nH]c2=S)cc1OC. The molecule has 6 nitrogen and oxygen atoms in total. The van der Waals surface area contributed by atoms with Crippen molar-refractivity contribution in [1.29, 1.82) is 0 Å². The van der Waals surface area contributed by atoms with E-state index in [1.54, 1.807) is 18.0 Å². The van der Waals surface area contributed by atoms with E-state index >= 15 is 0 Å². The highest BCUT2D eigenvalue weighted by molar-refractivity contribution is 7.71. The fourth-order valence-electron chi connectivity index (χ4n) is 2.48. The number of methoxy groups -OCH3 is 1. The predicted octanol–water partition coefficient (Wildman–Crippen LogP) is 4.74. The third kappa shape index (κ3) is 5.69. The molecule has 0 spiro atoms. The molecule has 2 aromatic rings. The standard InChI is InChI=1S/C19H28N4O2S/c1-4-6-8-12-25-16-11-10-15(13-17(16)24-3)14-20-23-18(9-7-5-2)21-22-19(23)26/h10-11,13-14H,4-9,12H2,1-3H3,(H,22,26)/b20-14+. The van der Waals surface area contributed by atoms with Crippen molar-refractivity contribution in [1.82, 2.24) is 14.9 Å². The van der Waals surface area contributed by atoms with E-state index in [1.165, 1.54) is 12.8 Å². The molecule has 0 fully saturated rings. The largest absolute Gasteiger partial charge is 0.493 e. The van der Waals surface area contributed by atoms with Crippen molar-refractivity contribution < 1.29 is 9.47 Å². The molecule has 1 aromatic heterocycles. The smallest absolute Gasteiger partial charge is 0.216 e. The maximum absolute atomic E-state index is 5.81. The van der Waals surface area contributed by atoms with Crippen molar-refractivity contribution in [3.05, 3.63) is 34.4 Å². The summed E-state index contributed by atoms with van der Waals surface area (Å²) < 4.78 is 13.4. The summed E-state index contributed by atoms with van der Waals surface area (Å²) in [5.41, 5.74) is 0.910. The van der Waals surface area contributed by atoms with Gasteiger partial charge in [0.15, 0.2) is 17.3 Å². The molecule has 0 saturated heterocycles. The molecule has 0 aliphatic carbocycles. The third-order valence-corrected chi connectivity index (χ3v) is 4.25. The average molecular weight is 377 g/mol. The number of nitrogens with zero attached hydrogens (tertiary/aromatic N) is 3. The van der Waals surface area contributed by atoms with Gasteiger partial charge in [-0.15, -0.1) is 0 Å². The minimum absolute atomic E-state index is 0.496. The second-order valence-corrected chi connectivity index (χ2v) is 6.46. The van der Waals surface area contributed by atoms with Gasteiger partial charge in [0.25, 0.3) is 0 Å². The predicted molar refractivity (Wildman–Crippen MR) is 107 cm³/mol. The Morgan fingerprint density at radius 2 is 2.00 bits per heavy atom. The normalized spacial score (nSPS) is 11.2. The minimum Gasteiger partial charge on any atom is -0.493 e. The minimum atomic E-state index is 0.496. The van der Waals surface area contributed by atoms with Crippen LogP contribution in [-0.2, 0) is 6.42 Å². The van der Waals surface area contributed by atoms with Crippen LogP contribution in [0.2, 0.25) is 0 Å². The van der Waals surface area contributed by atoms with Gasteiger partial charge in [-0.3, -0.25) is 5.10 Å². The number of nitrogens with one attached hydrogen (secondary N) is 1. The number of H-pyrrole nitrogens is 1. The zero-order valence-corrected chi connectivity index (χ0v) is 16.6. The van der Waals surface area contributed by atoms with Gasteiger partial charge in [-0.1, -0.05) is 33.1 Å².